The molecule has 6 heterocycles. The highest BCUT2D eigenvalue weighted by Gasteiger charge is 2.39. The number of aryl methyl sites for hydroxylation is 2. The van der Waals surface area contributed by atoms with Crippen LogP contribution in [-0.2, 0) is 12.8 Å². The fourth-order valence-electron chi connectivity index (χ4n) is 6.02. The van der Waals surface area contributed by atoms with Crippen LogP contribution in [0, 0.1) is 13.8 Å². The number of hydrogen-bond acceptors (Lipinski definition) is 6. The summed E-state index contributed by atoms with van der Waals surface area (Å²) in [4.78, 5) is 21.4. The number of hydrogen-bond donors (Lipinski definition) is 0. The number of amides is 1. The molecule has 1 atom stereocenters. The number of rotatable bonds is 4. The molecule has 5 aromatic rings. The van der Waals surface area contributed by atoms with E-state index in [1.54, 1.807) is 31.8 Å². The normalized spacial score (nSPS) is 16.4. The Morgan fingerprint density at radius 1 is 1.03 bits per heavy atom. The lowest BCUT2D eigenvalue weighted by molar-refractivity contribution is 0.0626. The number of nitrogens with zero attached hydrogens (tertiary/aromatic N) is 5. The fourth-order valence-corrected chi connectivity index (χ4v) is 6.85. The summed E-state index contributed by atoms with van der Waals surface area (Å²) >= 11 is 1.66. The van der Waals surface area contributed by atoms with Gasteiger partial charge in [0.1, 0.15) is 5.69 Å². The monoisotopic (exact) mass is 525 g/mol. The number of fused-ring (bicyclic) bond motifs is 6. The molecule has 1 aromatic carbocycles. The van der Waals surface area contributed by atoms with Crippen LogP contribution in [0.1, 0.15) is 44.6 Å². The summed E-state index contributed by atoms with van der Waals surface area (Å²) in [6, 6.07) is 12.4. The molecule has 0 bridgehead atoms. The number of aromatic nitrogens is 4. The lowest BCUT2D eigenvalue weighted by atomic mass is 9.85. The first-order valence-corrected chi connectivity index (χ1v) is 13.5. The maximum atomic E-state index is 13.7. The van der Waals surface area contributed by atoms with Gasteiger partial charge in [0.05, 0.1) is 42.1 Å². The number of thiophene rings is 1. The minimum absolute atomic E-state index is 0.00135. The van der Waals surface area contributed by atoms with E-state index in [0.717, 1.165) is 39.6 Å². The van der Waals surface area contributed by atoms with Crippen molar-refractivity contribution < 1.29 is 14.3 Å². The summed E-state index contributed by atoms with van der Waals surface area (Å²) in [6.07, 6.45) is 3.14. The number of ether oxygens (including phenoxy) is 2. The average molecular weight is 526 g/mol. The summed E-state index contributed by atoms with van der Waals surface area (Å²) in [5.74, 6) is 1.39. The minimum atomic E-state index is -0.0979. The molecule has 2 aliphatic rings. The van der Waals surface area contributed by atoms with E-state index in [1.807, 2.05) is 27.6 Å². The topological polar surface area (TPSA) is 73.9 Å². The van der Waals surface area contributed by atoms with E-state index >= 15 is 0 Å². The molecule has 0 saturated heterocycles. The maximum absolute atomic E-state index is 13.7. The van der Waals surface area contributed by atoms with Gasteiger partial charge < -0.3 is 18.9 Å². The lowest BCUT2D eigenvalue weighted by Crippen LogP contribution is -2.45. The largest absolute Gasteiger partial charge is 0.493 e. The molecule has 0 N–H and O–H groups in total. The third-order valence-corrected chi connectivity index (χ3v) is 8.78. The lowest BCUT2D eigenvalue weighted by Gasteiger charge is -2.41. The van der Waals surface area contributed by atoms with Crippen molar-refractivity contribution in [2.75, 3.05) is 20.8 Å². The third-order valence-electron chi connectivity index (χ3n) is 7.85. The Morgan fingerprint density at radius 2 is 1.79 bits per heavy atom. The molecule has 9 heteroatoms. The van der Waals surface area contributed by atoms with Gasteiger partial charge in [0, 0.05) is 36.6 Å². The van der Waals surface area contributed by atoms with Crippen LogP contribution in [0.15, 0.2) is 48.0 Å². The highest BCUT2D eigenvalue weighted by Crippen LogP contribution is 2.43. The Balaban J connectivity index is 1.35. The van der Waals surface area contributed by atoms with Crippen molar-refractivity contribution in [1.29, 1.82) is 0 Å². The van der Waals surface area contributed by atoms with E-state index in [4.69, 9.17) is 14.6 Å². The van der Waals surface area contributed by atoms with Crippen molar-refractivity contribution >= 4 is 22.9 Å². The van der Waals surface area contributed by atoms with Crippen molar-refractivity contribution in [1.82, 2.24) is 24.1 Å². The Morgan fingerprint density at radius 3 is 2.55 bits per heavy atom. The van der Waals surface area contributed by atoms with E-state index in [1.165, 1.54) is 17.0 Å². The van der Waals surface area contributed by atoms with Gasteiger partial charge in [-0.25, -0.2) is 9.50 Å². The van der Waals surface area contributed by atoms with Crippen LogP contribution in [-0.4, -0.2) is 50.7 Å². The molecule has 192 valence electrons. The molecule has 4 aromatic heterocycles. The zero-order valence-electron chi connectivity index (χ0n) is 21.7. The summed E-state index contributed by atoms with van der Waals surface area (Å²) in [6.45, 7) is 4.88. The molecule has 8 nitrogen and oxygen atoms in total. The predicted octanol–water partition coefficient (Wildman–Crippen LogP) is 5.18. The first kappa shape index (κ1) is 23.0. The van der Waals surface area contributed by atoms with Crippen molar-refractivity contribution in [2.45, 2.75) is 32.7 Å². The Kier molecular flexibility index (Phi) is 5.13. The fraction of sp³-hybridized carbons (Fsp3) is 0.276. The van der Waals surface area contributed by atoms with Crippen molar-refractivity contribution in [3.05, 3.63) is 81.7 Å². The van der Waals surface area contributed by atoms with E-state index in [9.17, 15) is 4.79 Å². The Bertz CT molecular complexity index is 1730. The molecule has 0 unspecified atom stereocenters. The SMILES string of the molecule is COc1cc2c(cc1OC)[C@@H]1Cc3c(cnc4cc(-c5sccc5-n5c(C)ccc5C)nn34)C(=O)N1CC2. The van der Waals surface area contributed by atoms with Crippen LogP contribution >= 0.6 is 11.3 Å². The molecular formula is C29H27N5O3S. The van der Waals surface area contributed by atoms with E-state index in [-0.39, 0.29) is 11.9 Å². The molecule has 7 rings (SSSR count). The van der Waals surface area contributed by atoms with Crippen LogP contribution in [0.2, 0.25) is 0 Å². The molecule has 0 radical (unpaired) electrons. The molecule has 2 aliphatic heterocycles. The van der Waals surface area contributed by atoms with E-state index < -0.39 is 0 Å². The second-order valence-electron chi connectivity index (χ2n) is 9.88. The Hall–Kier alpha value is -4.11. The van der Waals surface area contributed by atoms with Crippen molar-refractivity contribution in [2.24, 2.45) is 0 Å². The van der Waals surface area contributed by atoms with Gasteiger partial charge in [-0.15, -0.1) is 11.3 Å². The standard InChI is InChI=1S/C29H27N5O3S/c1-16-5-6-17(2)33(16)22-8-10-38-28(22)21-13-27-30-15-20-24(34(27)31-21)14-23-19-12-26(37-4)25(36-3)11-18(19)7-9-32(23)29(20)35/h5-6,8,10-13,15,23H,7,9,14H2,1-4H3/t23-/m0/s1. The molecule has 1 amide bonds. The first-order chi connectivity index (χ1) is 18.5. The van der Waals surface area contributed by atoms with Gasteiger partial charge in [-0.1, -0.05) is 0 Å². The molecule has 0 aliphatic carbocycles. The number of methoxy groups -OCH3 is 2. The molecule has 0 saturated carbocycles. The third kappa shape index (κ3) is 3.24. The van der Waals surface area contributed by atoms with E-state index in [0.29, 0.717) is 30.0 Å². The van der Waals surface area contributed by atoms with E-state index in [2.05, 4.69) is 47.0 Å². The second kappa shape index (κ2) is 8.46. The minimum Gasteiger partial charge on any atom is -0.493 e. The molecule has 0 spiro atoms. The predicted molar refractivity (Wildman–Crippen MR) is 146 cm³/mol. The quantitative estimate of drug-likeness (QED) is 0.323. The highest BCUT2D eigenvalue weighted by atomic mass is 32.1. The first-order valence-electron chi connectivity index (χ1n) is 12.6. The van der Waals surface area contributed by atoms with Crippen LogP contribution in [0.4, 0.5) is 0 Å². The number of carbonyl (C=O) groups excluding carboxylic acids is 1. The number of benzene rings is 1. The van der Waals surface area contributed by atoms with Crippen LogP contribution in [0.25, 0.3) is 21.9 Å². The van der Waals surface area contributed by atoms with Gasteiger partial charge in [0.15, 0.2) is 17.1 Å². The summed E-state index contributed by atoms with van der Waals surface area (Å²) in [5.41, 5.74) is 8.86. The van der Waals surface area contributed by atoms with Gasteiger partial charge in [-0.2, -0.15) is 5.10 Å². The summed E-state index contributed by atoms with van der Waals surface area (Å²) in [7, 11) is 3.29. The van der Waals surface area contributed by atoms with Crippen LogP contribution in [0.3, 0.4) is 0 Å². The van der Waals surface area contributed by atoms with Crippen molar-refractivity contribution in [3.8, 4) is 27.8 Å². The summed E-state index contributed by atoms with van der Waals surface area (Å²) in [5, 5.41) is 7.12. The molecule has 38 heavy (non-hydrogen) atoms. The van der Waals surface area contributed by atoms with Gasteiger partial charge in [0.25, 0.3) is 5.91 Å². The average Bonchev–Trinajstić information content (AvgIpc) is 3.65. The molecule has 0 fully saturated rings. The van der Waals surface area contributed by atoms with Crippen LogP contribution < -0.4 is 9.47 Å². The van der Waals surface area contributed by atoms with Gasteiger partial charge in [-0.3, -0.25) is 4.79 Å². The van der Waals surface area contributed by atoms with Crippen molar-refractivity contribution in [3.63, 3.8) is 0 Å². The van der Waals surface area contributed by atoms with Gasteiger partial charge in [0.2, 0.25) is 0 Å². The maximum Gasteiger partial charge on any atom is 0.257 e. The zero-order valence-corrected chi connectivity index (χ0v) is 22.5. The van der Waals surface area contributed by atoms with Crippen LogP contribution in [0.5, 0.6) is 11.5 Å². The highest BCUT2D eigenvalue weighted by molar-refractivity contribution is 7.14. The zero-order chi connectivity index (χ0) is 26.1. The van der Waals surface area contributed by atoms with Gasteiger partial charge >= 0.3 is 0 Å². The van der Waals surface area contributed by atoms with Gasteiger partial charge in [-0.05, 0) is 67.1 Å². The smallest absolute Gasteiger partial charge is 0.257 e. The molecular weight excluding hydrogens is 498 g/mol. The summed E-state index contributed by atoms with van der Waals surface area (Å²) < 4.78 is 15.2. The second-order valence-corrected chi connectivity index (χ2v) is 10.8. The Labute approximate surface area is 224 Å². The number of carbonyl (C=O) groups is 1.